The summed E-state index contributed by atoms with van der Waals surface area (Å²) in [7, 11) is 0. The second kappa shape index (κ2) is 4.45. The molecule has 0 radical (unpaired) electrons. The van der Waals surface area contributed by atoms with E-state index in [0.29, 0.717) is 23.4 Å². The van der Waals surface area contributed by atoms with Crippen LogP contribution >= 0.6 is 0 Å². The van der Waals surface area contributed by atoms with Crippen molar-refractivity contribution in [3.63, 3.8) is 0 Å². The van der Waals surface area contributed by atoms with Crippen molar-refractivity contribution < 1.29 is 8.81 Å². The maximum absolute atomic E-state index is 13.0. The third-order valence-electron chi connectivity index (χ3n) is 2.39. The number of hydrogen-bond acceptors (Lipinski definition) is 3. The van der Waals surface area contributed by atoms with Crippen LogP contribution in [0.1, 0.15) is 26.7 Å². The van der Waals surface area contributed by atoms with Crippen molar-refractivity contribution in [2.45, 2.75) is 32.7 Å². The average Bonchev–Trinajstić information content (AvgIpc) is 2.57. The molecule has 0 unspecified atom stereocenters. The Balaban J connectivity index is 2.05. The molecule has 4 heteroatoms. The number of nitrogens with one attached hydrogen (secondary N) is 1. The van der Waals surface area contributed by atoms with E-state index < -0.39 is 0 Å². The Kier molecular flexibility index (Phi) is 3.15. The number of nitrogens with zero attached hydrogens (tertiary/aromatic N) is 1. The zero-order chi connectivity index (χ0) is 12.5. The van der Waals surface area contributed by atoms with Crippen molar-refractivity contribution >= 4 is 11.1 Å². The minimum absolute atomic E-state index is 0.0815. The first-order valence-electron chi connectivity index (χ1n) is 5.74. The topological polar surface area (TPSA) is 38.1 Å². The van der Waals surface area contributed by atoms with Crippen LogP contribution < -0.4 is 5.32 Å². The molecule has 3 nitrogen and oxygen atoms in total. The van der Waals surface area contributed by atoms with Crippen molar-refractivity contribution in [1.29, 1.82) is 0 Å². The standard InChI is InChI=1S/C13H17FN2O/c1-13(2,3)15-7-6-12-16-10-8-9(14)4-5-11(10)17-12/h4-5,8,15H,6-7H2,1-3H3. The first-order chi connectivity index (χ1) is 7.94. The molecule has 0 bridgehead atoms. The van der Waals surface area contributed by atoms with Gasteiger partial charge in [-0.25, -0.2) is 9.37 Å². The molecule has 0 atom stereocenters. The van der Waals surface area contributed by atoms with Crippen molar-refractivity contribution in [2.75, 3.05) is 6.54 Å². The Bertz CT molecular complexity index is 514. The van der Waals surface area contributed by atoms with E-state index >= 15 is 0 Å². The van der Waals surface area contributed by atoms with Gasteiger partial charge < -0.3 is 9.73 Å². The Morgan fingerprint density at radius 2 is 2.12 bits per heavy atom. The Hall–Kier alpha value is -1.42. The molecule has 2 aromatic rings. The summed E-state index contributed by atoms with van der Waals surface area (Å²) in [5.41, 5.74) is 1.30. The van der Waals surface area contributed by atoms with Crippen LogP contribution in [0.4, 0.5) is 4.39 Å². The summed E-state index contributed by atoms with van der Waals surface area (Å²) < 4.78 is 18.5. The largest absolute Gasteiger partial charge is 0.441 e. The highest BCUT2D eigenvalue weighted by molar-refractivity contribution is 5.72. The van der Waals surface area contributed by atoms with Gasteiger partial charge in [-0.15, -0.1) is 0 Å². The van der Waals surface area contributed by atoms with Crippen molar-refractivity contribution in [3.05, 3.63) is 29.9 Å². The highest BCUT2D eigenvalue weighted by Gasteiger charge is 2.10. The van der Waals surface area contributed by atoms with Gasteiger partial charge >= 0.3 is 0 Å². The predicted octanol–water partition coefficient (Wildman–Crippen LogP) is 2.90. The molecule has 92 valence electrons. The minimum Gasteiger partial charge on any atom is -0.441 e. The van der Waals surface area contributed by atoms with Gasteiger partial charge in [-0.2, -0.15) is 0 Å². The molecule has 1 N–H and O–H groups in total. The number of rotatable bonds is 3. The number of halogens is 1. The minimum atomic E-state index is -0.287. The van der Waals surface area contributed by atoms with Gasteiger partial charge in [0.2, 0.25) is 0 Å². The molecule has 1 heterocycles. The van der Waals surface area contributed by atoms with E-state index in [1.165, 1.54) is 12.1 Å². The van der Waals surface area contributed by atoms with Crippen molar-refractivity contribution in [2.24, 2.45) is 0 Å². The van der Waals surface area contributed by atoms with E-state index in [9.17, 15) is 4.39 Å². The maximum Gasteiger partial charge on any atom is 0.196 e. The quantitative estimate of drug-likeness (QED) is 0.890. The van der Waals surface area contributed by atoms with Crippen molar-refractivity contribution in [3.8, 4) is 0 Å². The van der Waals surface area contributed by atoms with Crippen LogP contribution in [0.3, 0.4) is 0 Å². The lowest BCUT2D eigenvalue weighted by Gasteiger charge is -2.19. The van der Waals surface area contributed by atoms with Gasteiger partial charge in [0.15, 0.2) is 11.5 Å². The molecular weight excluding hydrogens is 219 g/mol. The molecule has 0 saturated carbocycles. The first-order valence-corrected chi connectivity index (χ1v) is 5.74. The number of fused-ring (bicyclic) bond motifs is 1. The van der Waals surface area contributed by atoms with Gasteiger partial charge in [0.1, 0.15) is 11.3 Å². The van der Waals surface area contributed by atoms with Crippen LogP contribution in [0.25, 0.3) is 11.1 Å². The van der Waals surface area contributed by atoms with Crippen LogP contribution in [0, 0.1) is 5.82 Å². The number of aromatic nitrogens is 1. The van der Waals surface area contributed by atoms with Gasteiger partial charge in [0, 0.05) is 24.6 Å². The first kappa shape index (κ1) is 12.0. The lowest BCUT2D eigenvalue weighted by molar-refractivity contribution is 0.414. The van der Waals surface area contributed by atoms with Gasteiger partial charge in [-0.3, -0.25) is 0 Å². The lowest BCUT2D eigenvalue weighted by atomic mass is 10.1. The maximum atomic E-state index is 13.0. The molecule has 0 spiro atoms. The molecular formula is C13H17FN2O. The Morgan fingerprint density at radius 3 is 2.82 bits per heavy atom. The van der Waals surface area contributed by atoms with E-state index in [-0.39, 0.29) is 11.4 Å². The Morgan fingerprint density at radius 1 is 1.35 bits per heavy atom. The van der Waals surface area contributed by atoms with Crippen LogP contribution in [0.15, 0.2) is 22.6 Å². The predicted molar refractivity (Wildman–Crippen MR) is 65.4 cm³/mol. The molecule has 0 aliphatic carbocycles. The fraction of sp³-hybridized carbons (Fsp3) is 0.462. The normalized spacial score (nSPS) is 12.2. The zero-order valence-corrected chi connectivity index (χ0v) is 10.4. The van der Waals surface area contributed by atoms with E-state index in [4.69, 9.17) is 4.42 Å². The average molecular weight is 236 g/mol. The summed E-state index contributed by atoms with van der Waals surface area (Å²) in [6, 6.07) is 4.38. The zero-order valence-electron chi connectivity index (χ0n) is 10.4. The highest BCUT2D eigenvalue weighted by atomic mass is 19.1. The SMILES string of the molecule is CC(C)(C)NCCc1nc2cc(F)ccc2o1. The Labute approximate surface area is 100 Å². The van der Waals surface area contributed by atoms with Gasteiger partial charge in [0.05, 0.1) is 0 Å². The molecule has 2 rings (SSSR count). The molecule has 0 saturated heterocycles. The van der Waals surface area contributed by atoms with E-state index in [0.717, 1.165) is 6.54 Å². The summed E-state index contributed by atoms with van der Waals surface area (Å²) in [5.74, 6) is 0.354. The molecule has 0 fully saturated rings. The second-order valence-corrected chi connectivity index (χ2v) is 5.15. The number of benzene rings is 1. The fourth-order valence-corrected chi connectivity index (χ4v) is 1.60. The lowest BCUT2D eigenvalue weighted by Crippen LogP contribution is -2.37. The van der Waals surface area contributed by atoms with E-state index in [2.05, 4.69) is 31.1 Å². The smallest absolute Gasteiger partial charge is 0.196 e. The third-order valence-corrected chi connectivity index (χ3v) is 2.39. The monoisotopic (exact) mass is 236 g/mol. The number of hydrogen-bond donors (Lipinski definition) is 1. The molecule has 0 aliphatic rings. The highest BCUT2D eigenvalue weighted by Crippen LogP contribution is 2.16. The fourth-order valence-electron chi connectivity index (χ4n) is 1.60. The molecule has 0 aliphatic heterocycles. The van der Waals surface area contributed by atoms with Crippen LogP contribution in [0.5, 0.6) is 0 Å². The van der Waals surface area contributed by atoms with Crippen LogP contribution in [0.2, 0.25) is 0 Å². The molecule has 0 amide bonds. The van der Waals surface area contributed by atoms with Crippen molar-refractivity contribution in [1.82, 2.24) is 10.3 Å². The van der Waals surface area contributed by atoms with Gasteiger partial charge in [-0.1, -0.05) is 0 Å². The van der Waals surface area contributed by atoms with Crippen LogP contribution in [-0.2, 0) is 6.42 Å². The number of oxazole rings is 1. The third kappa shape index (κ3) is 3.27. The molecule has 1 aromatic carbocycles. The summed E-state index contributed by atoms with van der Waals surface area (Å²) >= 11 is 0. The molecule has 1 aromatic heterocycles. The summed E-state index contributed by atoms with van der Waals surface area (Å²) in [4.78, 5) is 4.25. The van der Waals surface area contributed by atoms with Gasteiger partial charge in [0.25, 0.3) is 0 Å². The summed E-state index contributed by atoms with van der Waals surface area (Å²) in [6.45, 7) is 7.11. The van der Waals surface area contributed by atoms with Gasteiger partial charge in [-0.05, 0) is 32.9 Å². The summed E-state index contributed by atoms with van der Waals surface area (Å²) in [6.07, 6.45) is 0.702. The second-order valence-electron chi connectivity index (χ2n) is 5.15. The van der Waals surface area contributed by atoms with Crippen LogP contribution in [-0.4, -0.2) is 17.1 Å². The molecule has 17 heavy (non-hydrogen) atoms. The van der Waals surface area contributed by atoms with E-state index in [1.807, 2.05) is 0 Å². The van der Waals surface area contributed by atoms with E-state index in [1.54, 1.807) is 6.07 Å². The summed E-state index contributed by atoms with van der Waals surface area (Å²) in [5, 5.41) is 3.35.